The van der Waals surface area contributed by atoms with Crippen LogP contribution in [-0.2, 0) is 11.4 Å². The molecule has 0 radical (unpaired) electrons. The molecule has 3 rings (SSSR count). The molecular weight excluding hydrogens is 438 g/mol. The van der Waals surface area contributed by atoms with Gasteiger partial charge in [0.25, 0.3) is 5.91 Å². The molecule has 3 aromatic rings. The zero-order valence-corrected chi connectivity index (χ0v) is 18.7. The van der Waals surface area contributed by atoms with Crippen LogP contribution in [-0.4, -0.2) is 29.9 Å². The first-order valence-corrected chi connectivity index (χ1v) is 10.8. The van der Waals surface area contributed by atoms with Gasteiger partial charge in [0.1, 0.15) is 28.0 Å². The van der Waals surface area contributed by atoms with E-state index < -0.39 is 0 Å². The maximum atomic E-state index is 12.5. The molecule has 0 saturated carbocycles. The molecule has 31 heavy (non-hydrogen) atoms. The lowest BCUT2D eigenvalue weighted by Crippen LogP contribution is -2.32. The number of carbonyl (C=O) groups excluding carboxylic acids is 2. The molecule has 1 aromatic heterocycles. The number of thiazole rings is 1. The van der Waals surface area contributed by atoms with Gasteiger partial charge in [0, 0.05) is 10.7 Å². The molecule has 0 aliphatic heterocycles. The van der Waals surface area contributed by atoms with Crippen molar-refractivity contribution >= 4 is 40.4 Å². The summed E-state index contributed by atoms with van der Waals surface area (Å²) in [5, 5.41) is 6.64. The van der Waals surface area contributed by atoms with Gasteiger partial charge in [0.05, 0.1) is 18.8 Å². The normalized spacial score (nSPS) is 10.4. The van der Waals surface area contributed by atoms with E-state index in [0.29, 0.717) is 38.6 Å². The average Bonchev–Trinajstić information content (AvgIpc) is 3.14. The van der Waals surface area contributed by atoms with Crippen LogP contribution in [0.2, 0.25) is 5.02 Å². The van der Waals surface area contributed by atoms with Crippen LogP contribution in [0.3, 0.4) is 0 Å². The van der Waals surface area contributed by atoms with E-state index in [2.05, 4.69) is 15.6 Å². The zero-order chi connectivity index (χ0) is 22.2. The molecule has 0 spiro atoms. The van der Waals surface area contributed by atoms with Crippen molar-refractivity contribution in [3.63, 3.8) is 0 Å². The Kier molecular flexibility index (Phi) is 7.86. The topological polar surface area (TPSA) is 89.6 Å². The number of hydrogen-bond donors (Lipinski definition) is 2. The molecule has 0 fully saturated rings. The fourth-order valence-electron chi connectivity index (χ4n) is 2.65. The van der Waals surface area contributed by atoms with Crippen molar-refractivity contribution in [1.29, 1.82) is 0 Å². The second kappa shape index (κ2) is 10.8. The van der Waals surface area contributed by atoms with Gasteiger partial charge in [-0.05, 0) is 62.4 Å². The lowest BCUT2D eigenvalue weighted by molar-refractivity contribution is -0.115. The number of ether oxygens (including phenoxy) is 2. The van der Waals surface area contributed by atoms with Gasteiger partial charge in [-0.2, -0.15) is 0 Å². The van der Waals surface area contributed by atoms with E-state index in [1.807, 2.05) is 6.92 Å². The van der Waals surface area contributed by atoms with E-state index in [1.165, 1.54) is 11.3 Å². The maximum Gasteiger partial charge on any atom is 0.263 e. The van der Waals surface area contributed by atoms with Crippen LogP contribution in [0.5, 0.6) is 11.5 Å². The predicted molar refractivity (Wildman–Crippen MR) is 121 cm³/mol. The van der Waals surface area contributed by atoms with Gasteiger partial charge in [-0.15, -0.1) is 11.3 Å². The molecule has 0 aliphatic carbocycles. The number of amides is 2. The molecule has 0 aliphatic rings. The number of aromatic nitrogens is 1. The Balaban J connectivity index is 1.49. The Hall–Kier alpha value is -3.10. The molecule has 2 aromatic carbocycles. The molecule has 0 atom stereocenters. The van der Waals surface area contributed by atoms with Crippen LogP contribution >= 0.6 is 22.9 Å². The van der Waals surface area contributed by atoms with Gasteiger partial charge in [-0.3, -0.25) is 9.59 Å². The predicted octanol–water partition coefficient (Wildman–Crippen LogP) is 4.45. The van der Waals surface area contributed by atoms with Gasteiger partial charge in [0.2, 0.25) is 5.91 Å². The van der Waals surface area contributed by atoms with E-state index in [0.717, 1.165) is 5.75 Å². The molecule has 2 amide bonds. The number of aryl methyl sites for hydroxylation is 1. The Labute approximate surface area is 189 Å². The van der Waals surface area contributed by atoms with E-state index in [9.17, 15) is 9.59 Å². The number of hydrogen-bond acceptors (Lipinski definition) is 6. The smallest absolute Gasteiger partial charge is 0.263 e. The Bertz CT molecular complexity index is 1040. The summed E-state index contributed by atoms with van der Waals surface area (Å²) in [6.07, 6.45) is 0. The minimum Gasteiger partial charge on any atom is -0.494 e. The summed E-state index contributed by atoms with van der Waals surface area (Å²) < 4.78 is 11.0. The summed E-state index contributed by atoms with van der Waals surface area (Å²) in [6.45, 7) is 4.30. The summed E-state index contributed by atoms with van der Waals surface area (Å²) in [5.74, 6) is 0.708. The van der Waals surface area contributed by atoms with E-state index in [1.54, 1.807) is 55.5 Å². The van der Waals surface area contributed by atoms with Crippen LogP contribution < -0.4 is 20.1 Å². The molecule has 1 heterocycles. The van der Waals surface area contributed by atoms with Crippen LogP contribution in [0.25, 0.3) is 0 Å². The van der Waals surface area contributed by atoms with Crippen molar-refractivity contribution in [1.82, 2.24) is 10.3 Å². The molecule has 0 bridgehead atoms. The molecule has 9 heteroatoms. The molecular formula is C22H22ClN3O4S. The van der Waals surface area contributed by atoms with Gasteiger partial charge in [-0.25, -0.2) is 4.98 Å². The van der Waals surface area contributed by atoms with E-state index in [4.69, 9.17) is 21.1 Å². The Morgan fingerprint density at radius 2 is 1.68 bits per heavy atom. The first-order valence-electron chi connectivity index (χ1n) is 9.60. The SMILES string of the molecule is CCOc1ccc(NC(=O)CNC(=O)c2sc(COc3ccc(Cl)cc3)nc2C)cc1. The third kappa shape index (κ3) is 6.70. The second-order valence-corrected chi connectivity index (χ2v) is 7.97. The minimum atomic E-state index is -0.352. The first kappa shape index (κ1) is 22.6. The number of carbonyl (C=O) groups is 2. The van der Waals surface area contributed by atoms with Crippen molar-refractivity contribution < 1.29 is 19.1 Å². The third-order valence-electron chi connectivity index (χ3n) is 4.08. The number of halogens is 1. The quantitative estimate of drug-likeness (QED) is 0.493. The second-order valence-electron chi connectivity index (χ2n) is 6.45. The largest absolute Gasteiger partial charge is 0.494 e. The number of anilines is 1. The first-order chi connectivity index (χ1) is 14.9. The van der Waals surface area contributed by atoms with Crippen LogP contribution in [0.4, 0.5) is 5.69 Å². The maximum absolute atomic E-state index is 12.5. The third-order valence-corrected chi connectivity index (χ3v) is 5.46. The van der Waals surface area contributed by atoms with Crippen molar-refractivity contribution in [3.8, 4) is 11.5 Å². The van der Waals surface area contributed by atoms with Crippen LogP contribution in [0.1, 0.15) is 27.3 Å². The molecule has 7 nitrogen and oxygen atoms in total. The van der Waals surface area contributed by atoms with Gasteiger partial charge in [-0.1, -0.05) is 11.6 Å². The Morgan fingerprint density at radius 3 is 2.35 bits per heavy atom. The van der Waals surface area contributed by atoms with E-state index >= 15 is 0 Å². The lowest BCUT2D eigenvalue weighted by Gasteiger charge is -2.08. The highest BCUT2D eigenvalue weighted by Crippen LogP contribution is 2.21. The minimum absolute atomic E-state index is 0.153. The lowest BCUT2D eigenvalue weighted by atomic mass is 10.3. The van der Waals surface area contributed by atoms with Crippen molar-refractivity contribution in [2.75, 3.05) is 18.5 Å². The Morgan fingerprint density at radius 1 is 1.03 bits per heavy atom. The molecule has 2 N–H and O–H groups in total. The summed E-state index contributed by atoms with van der Waals surface area (Å²) in [4.78, 5) is 29.4. The average molecular weight is 460 g/mol. The summed E-state index contributed by atoms with van der Waals surface area (Å²) in [6, 6.07) is 14.0. The summed E-state index contributed by atoms with van der Waals surface area (Å²) in [5.41, 5.74) is 1.21. The van der Waals surface area contributed by atoms with Crippen molar-refractivity contribution in [2.45, 2.75) is 20.5 Å². The monoisotopic (exact) mass is 459 g/mol. The number of nitrogens with zero attached hydrogens (tertiary/aromatic N) is 1. The highest BCUT2D eigenvalue weighted by Gasteiger charge is 2.16. The van der Waals surface area contributed by atoms with Gasteiger partial charge >= 0.3 is 0 Å². The number of nitrogens with one attached hydrogen (secondary N) is 2. The number of benzene rings is 2. The van der Waals surface area contributed by atoms with E-state index in [-0.39, 0.29) is 25.0 Å². The highest BCUT2D eigenvalue weighted by atomic mass is 35.5. The van der Waals surface area contributed by atoms with Crippen molar-refractivity contribution in [2.24, 2.45) is 0 Å². The molecule has 162 valence electrons. The fraction of sp³-hybridized carbons (Fsp3) is 0.227. The standard InChI is InChI=1S/C22H22ClN3O4S/c1-3-29-17-10-6-16(7-11-17)26-19(27)12-24-22(28)21-14(2)25-20(31-21)13-30-18-8-4-15(23)5-9-18/h4-11H,3,12-13H2,1-2H3,(H,24,28)(H,26,27). The van der Waals surface area contributed by atoms with Gasteiger partial charge < -0.3 is 20.1 Å². The molecule has 0 unspecified atom stereocenters. The van der Waals surface area contributed by atoms with Crippen molar-refractivity contribution in [3.05, 3.63) is 69.1 Å². The summed E-state index contributed by atoms with van der Waals surface area (Å²) >= 11 is 7.09. The van der Waals surface area contributed by atoms with Crippen LogP contribution in [0, 0.1) is 6.92 Å². The number of rotatable bonds is 9. The molecule has 0 saturated heterocycles. The summed E-state index contributed by atoms with van der Waals surface area (Å²) in [7, 11) is 0. The highest BCUT2D eigenvalue weighted by molar-refractivity contribution is 7.13. The fourth-order valence-corrected chi connectivity index (χ4v) is 3.67. The zero-order valence-electron chi connectivity index (χ0n) is 17.1. The van der Waals surface area contributed by atoms with Crippen LogP contribution in [0.15, 0.2) is 48.5 Å². The van der Waals surface area contributed by atoms with Gasteiger partial charge in [0.15, 0.2) is 0 Å².